The average Bonchev–Trinajstić information content (AvgIpc) is 2.85. The lowest BCUT2D eigenvalue weighted by Gasteiger charge is -2.30. The van der Waals surface area contributed by atoms with E-state index in [1.807, 2.05) is 13.8 Å². The predicted octanol–water partition coefficient (Wildman–Crippen LogP) is 5.29. The Morgan fingerprint density at radius 1 is 0.750 bits per heavy atom. The van der Waals surface area contributed by atoms with Gasteiger partial charge in [0.2, 0.25) is 0 Å². The number of anilines is 2. The number of para-hydroxylation sites is 2. The Labute approximate surface area is 215 Å². The fourth-order valence-electron chi connectivity index (χ4n) is 3.59. The second kappa shape index (κ2) is 11.5. The second-order valence-corrected chi connectivity index (χ2v) is 11.9. The number of hydrogen-bond acceptors (Lipinski definition) is 4. The largest absolute Gasteiger partial charge is 0.265 e. The van der Waals surface area contributed by atoms with Crippen molar-refractivity contribution in [1.29, 1.82) is 0 Å². The highest BCUT2D eigenvalue weighted by molar-refractivity contribution is 7.93. The Morgan fingerprint density at radius 3 is 1.64 bits per heavy atom. The molecular weight excluding hydrogens is 492 g/mol. The first-order valence-corrected chi connectivity index (χ1v) is 14.3. The van der Waals surface area contributed by atoms with Gasteiger partial charge in [-0.05, 0) is 63.6 Å². The van der Waals surface area contributed by atoms with Gasteiger partial charge in [0.05, 0.1) is 27.7 Å². The first kappa shape index (κ1) is 27.1. The van der Waals surface area contributed by atoms with Crippen LogP contribution in [0.15, 0.2) is 95.2 Å². The number of rotatable bonds is 10. The monoisotopic (exact) mass is 522 g/mol. The molecule has 8 heteroatoms. The molecule has 6 nitrogen and oxygen atoms in total. The molecule has 0 N–H and O–H groups in total. The van der Waals surface area contributed by atoms with Gasteiger partial charge in [-0.1, -0.05) is 59.5 Å². The van der Waals surface area contributed by atoms with Crippen molar-refractivity contribution in [2.24, 2.45) is 0 Å². The van der Waals surface area contributed by atoms with Crippen LogP contribution < -0.4 is 8.61 Å². The van der Waals surface area contributed by atoms with Crippen LogP contribution in [0.5, 0.6) is 0 Å². The van der Waals surface area contributed by atoms with E-state index < -0.39 is 20.0 Å². The van der Waals surface area contributed by atoms with Crippen LogP contribution in [0, 0.1) is 25.7 Å². The minimum absolute atomic E-state index is 0.0919. The maximum absolute atomic E-state index is 13.8. The summed E-state index contributed by atoms with van der Waals surface area (Å²) in [5.74, 6) is 5.58. The van der Waals surface area contributed by atoms with Crippen LogP contribution in [0.1, 0.15) is 24.5 Å². The zero-order chi connectivity index (χ0) is 26.3. The van der Waals surface area contributed by atoms with Gasteiger partial charge < -0.3 is 0 Å². The number of benzene rings is 3. The summed E-state index contributed by atoms with van der Waals surface area (Å²) in [5.41, 5.74) is 2.32. The first-order valence-electron chi connectivity index (χ1n) is 11.4. The van der Waals surface area contributed by atoms with Crippen molar-refractivity contribution < 1.29 is 16.8 Å². The van der Waals surface area contributed by atoms with Crippen LogP contribution in [0.4, 0.5) is 11.4 Å². The fourth-order valence-corrected chi connectivity index (χ4v) is 6.47. The van der Waals surface area contributed by atoms with Gasteiger partial charge in [0, 0.05) is 6.54 Å². The van der Waals surface area contributed by atoms with E-state index in [9.17, 15) is 16.8 Å². The van der Waals surface area contributed by atoms with E-state index in [0.29, 0.717) is 6.42 Å². The lowest BCUT2D eigenvalue weighted by Crippen LogP contribution is -2.36. The Balaban J connectivity index is 2.22. The summed E-state index contributed by atoms with van der Waals surface area (Å²) in [4.78, 5) is 0.216. The molecule has 0 aliphatic heterocycles. The van der Waals surface area contributed by atoms with Crippen LogP contribution in [-0.2, 0) is 20.0 Å². The third-order valence-corrected chi connectivity index (χ3v) is 9.17. The molecule has 0 radical (unpaired) electrons. The maximum Gasteiger partial charge on any atom is 0.265 e. The molecule has 0 bridgehead atoms. The average molecular weight is 523 g/mol. The predicted molar refractivity (Wildman–Crippen MR) is 146 cm³/mol. The van der Waals surface area contributed by atoms with E-state index in [1.54, 1.807) is 73.7 Å². The van der Waals surface area contributed by atoms with Crippen molar-refractivity contribution >= 4 is 31.4 Å². The maximum atomic E-state index is 13.8. The van der Waals surface area contributed by atoms with Crippen molar-refractivity contribution in [3.63, 3.8) is 0 Å². The molecule has 0 heterocycles. The Bertz CT molecular complexity index is 1480. The van der Waals surface area contributed by atoms with E-state index in [2.05, 4.69) is 18.4 Å². The lowest BCUT2D eigenvalue weighted by atomic mass is 10.2. The van der Waals surface area contributed by atoms with Crippen molar-refractivity contribution in [2.45, 2.75) is 37.0 Å². The summed E-state index contributed by atoms with van der Waals surface area (Å²) in [7, 11) is -8.05. The number of aryl methyl sites for hydroxylation is 2. The third-order valence-electron chi connectivity index (χ3n) is 5.57. The van der Waals surface area contributed by atoms with Gasteiger partial charge in [-0.3, -0.25) is 8.61 Å². The molecule has 0 unspecified atom stereocenters. The second-order valence-electron chi connectivity index (χ2n) is 8.21. The Morgan fingerprint density at radius 2 is 1.19 bits per heavy atom. The van der Waals surface area contributed by atoms with Crippen LogP contribution >= 0.6 is 0 Å². The Hall–Kier alpha value is -3.54. The van der Waals surface area contributed by atoms with Crippen LogP contribution in [0.2, 0.25) is 0 Å². The van der Waals surface area contributed by atoms with E-state index in [0.717, 1.165) is 15.4 Å². The zero-order valence-electron chi connectivity index (χ0n) is 20.7. The van der Waals surface area contributed by atoms with Crippen LogP contribution in [0.25, 0.3) is 0 Å². The van der Waals surface area contributed by atoms with Crippen molar-refractivity contribution in [3.05, 3.63) is 96.6 Å². The van der Waals surface area contributed by atoms with Gasteiger partial charge in [0.25, 0.3) is 20.0 Å². The summed E-state index contributed by atoms with van der Waals surface area (Å²) >= 11 is 0. The lowest BCUT2D eigenvalue weighted by molar-refractivity contribution is 0.588. The van der Waals surface area contributed by atoms with E-state index in [4.69, 9.17) is 0 Å². The highest BCUT2D eigenvalue weighted by Gasteiger charge is 2.31. The third kappa shape index (κ3) is 5.81. The molecule has 3 aromatic rings. The number of sulfonamides is 2. The molecule has 0 saturated heterocycles. The van der Waals surface area contributed by atoms with Crippen molar-refractivity contribution in [3.8, 4) is 11.8 Å². The molecule has 0 fully saturated rings. The molecule has 36 heavy (non-hydrogen) atoms. The van der Waals surface area contributed by atoms with Crippen molar-refractivity contribution in [1.82, 2.24) is 0 Å². The van der Waals surface area contributed by atoms with E-state index in [-0.39, 0.29) is 34.3 Å². The molecule has 3 rings (SSSR count). The van der Waals surface area contributed by atoms with Crippen LogP contribution in [0.3, 0.4) is 0 Å². The smallest absolute Gasteiger partial charge is 0.264 e. The SMILES string of the molecule is C=CCCN(c1ccccc1N(CC#CC)S(=O)(=O)c1ccc(C)cc1)S(=O)(=O)c1ccc(C)cc1. The minimum atomic E-state index is -4.05. The molecule has 0 aliphatic rings. The number of hydrogen-bond donors (Lipinski definition) is 0. The summed E-state index contributed by atoms with van der Waals surface area (Å²) in [6, 6.07) is 19.7. The minimum Gasteiger partial charge on any atom is -0.264 e. The van der Waals surface area contributed by atoms with Gasteiger partial charge in [0.15, 0.2) is 0 Å². The molecule has 188 valence electrons. The highest BCUT2D eigenvalue weighted by atomic mass is 32.2. The Kier molecular flexibility index (Phi) is 8.62. The van der Waals surface area contributed by atoms with Gasteiger partial charge in [-0.25, -0.2) is 16.8 Å². The zero-order valence-corrected chi connectivity index (χ0v) is 22.3. The molecule has 0 spiro atoms. The van der Waals surface area contributed by atoms with E-state index in [1.165, 1.54) is 16.4 Å². The van der Waals surface area contributed by atoms with Crippen molar-refractivity contribution in [2.75, 3.05) is 21.7 Å². The normalized spacial score (nSPS) is 11.3. The summed E-state index contributed by atoms with van der Waals surface area (Å²) in [6.07, 6.45) is 2.00. The summed E-state index contributed by atoms with van der Waals surface area (Å²) < 4.78 is 57.5. The highest BCUT2D eigenvalue weighted by Crippen LogP contribution is 2.36. The molecule has 0 saturated carbocycles. The van der Waals surface area contributed by atoms with Gasteiger partial charge in [-0.2, -0.15) is 0 Å². The molecule has 0 aliphatic carbocycles. The quantitative estimate of drug-likeness (QED) is 0.268. The summed E-state index contributed by atoms with van der Waals surface area (Å²) in [6.45, 7) is 9.07. The van der Waals surface area contributed by atoms with Gasteiger partial charge in [-0.15, -0.1) is 12.5 Å². The molecule has 0 aromatic heterocycles. The molecule has 3 aromatic carbocycles. The summed E-state index contributed by atoms with van der Waals surface area (Å²) in [5, 5.41) is 0. The number of nitrogens with zero attached hydrogens (tertiary/aromatic N) is 2. The van der Waals surface area contributed by atoms with Gasteiger partial charge >= 0.3 is 0 Å². The van der Waals surface area contributed by atoms with E-state index >= 15 is 0 Å². The van der Waals surface area contributed by atoms with Crippen LogP contribution in [-0.4, -0.2) is 29.9 Å². The molecule has 0 atom stereocenters. The van der Waals surface area contributed by atoms with Gasteiger partial charge in [0.1, 0.15) is 0 Å². The molecule has 0 amide bonds. The fraction of sp³-hybridized carbons (Fsp3) is 0.214. The molecular formula is C28H30N2O4S2. The topological polar surface area (TPSA) is 74.8 Å². The first-order chi connectivity index (χ1) is 17.1. The standard InChI is InChI=1S/C28H30N2O4S2/c1-5-7-21-29(35(31,32)25-17-13-23(3)14-18-25)27-11-9-10-12-28(27)30(22-8-6-2)36(33,34)26-19-15-24(4)16-20-26/h5,9-20H,1,7,21-22H2,2-4H3.